The first-order valence-electron chi connectivity index (χ1n) is 8.97. The van der Waals surface area contributed by atoms with E-state index >= 15 is 0 Å². The van der Waals surface area contributed by atoms with Gasteiger partial charge in [-0.2, -0.15) is 0 Å². The van der Waals surface area contributed by atoms with Crippen LogP contribution in [-0.2, 0) is 14.8 Å². The minimum atomic E-state index is -3.77. The van der Waals surface area contributed by atoms with Crippen LogP contribution in [0.4, 0.5) is 5.69 Å². The minimum Gasteiger partial charge on any atom is -0.356 e. The van der Waals surface area contributed by atoms with Gasteiger partial charge < -0.3 is 11.1 Å². The second kappa shape index (κ2) is 9.53. The molecule has 0 heterocycles. The van der Waals surface area contributed by atoms with Crippen LogP contribution >= 0.6 is 0 Å². The third-order valence-corrected chi connectivity index (χ3v) is 6.02. The SMILES string of the molecule is Cc1ccc(N(CCC(=O)NCCCN)S(=O)(=O)c2ccc(C)cc2)cc1. The molecule has 0 aromatic heterocycles. The van der Waals surface area contributed by atoms with E-state index in [1.54, 1.807) is 36.4 Å². The van der Waals surface area contributed by atoms with Gasteiger partial charge in [-0.25, -0.2) is 8.42 Å². The molecule has 2 aromatic carbocycles. The van der Waals surface area contributed by atoms with Crippen LogP contribution in [0.1, 0.15) is 24.0 Å². The van der Waals surface area contributed by atoms with E-state index in [2.05, 4.69) is 5.32 Å². The number of amides is 1. The number of anilines is 1. The minimum absolute atomic E-state index is 0.0632. The number of sulfonamides is 1. The molecule has 6 nitrogen and oxygen atoms in total. The molecule has 0 spiro atoms. The maximum atomic E-state index is 13.2. The number of nitrogens with zero attached hydrogens (tertiary/aromatic N) is 1. The summed E-state index contributed by atoms with van der Waals surface area (Å²) in [5.41, 5.74) is 7.97. The molecule has 146 valence electrons. The standard InChI is InChI=1S/C20H27N3O3S/c1-16-4-8-18(9-5-16)23(15-12-20(24)22-14-3-13-21)27(25,26)19-10-6-17(2)7-11-19/h4-11H,3,12-15,21H2,1-2H3,(H,22,24). The summed E-state index contributed by atoms with van der Waals surface area (Å²) < 4.78 is 27.7. The molecule has 1 amide bonds. The van der Waals surface area contributed by atoms with Crippen LogP contribution in [0.15, 0.2) is 53.4 Å². The first-order chi connectivity index (χ1) is 12.8. The van der Waals surface area contributed by atoms with Crippen LogP contribution in [-0.4, -0.2) is 34.0 Å². The average Bonchev–Trinajstić information content (AvgIpc) is 2.64. The van der Waals surface area contributed by atoms with Crippen LogP contribution in [0.25, 0.3) is 0 Å². The fourth-order valence-electron chi connectivity index (χ4n) is 2.56. The third-order valence-electron chi connectivity index (χ3n) is 4.18. The monoisotopic (exact) mass is 389 g/mol. The van der Waals surface area contributed by atoms with Crippen molar-refractivity contribution < 1.29 is 13.2 Å². The predicted molar refractivity (Wildman–Crippen MR) is 108 cm³/mol. The second-order valence-corrected chi connectivity index (χ2v) is 8.33. The number of benzene rings is 2. The average molecular weight is 390 g/mol. The smallest absolute Gasteiger partial charge is 0.264 e. The van der Waals surface area contributed by atoms with Gasteiger partial charge >= 0.3 is 0 Å². The van der Waals surface area contributed by atoms with Crippen molar-refractivity contribution in [1.82, 2.24) is 5.32 Å². The number of carbonyl (C=O) groups excluding carboxylic acids is 1. The van der Waals surface area contributed by atoms with Crippen molar-refractivity contribution in [3.8, 4) is 0 Å². The molecular formula is C20H27N3O3S. The van der Waals surface area contributed by atoms with Gasteiger partial charge in [-0.05, 0) is 51.1 Å². The molecule has 7 heteroatoms. The zero-order valence-corrected chi connectivity index (χ0v) is 16.6. The predicted octanol–water partition coefficient (Wildman–Crippen LogP) is 2.35. The molecule has 3 N–H and O–H groups in total. The number of nitrogens with one attached hydrogen (secondary N) is 1. The summed E-state index contributed by atoms with van der Waals surface area (Å²) in [6, 6.07) is 13.9. The number of hydrogen-bond donors (Lipinski definition) is 2. The summed E-state index contributed by atoms with van der Waals surface area (Å²) in [6.07, 6.45) is 0.763. The fraction of sp³-hybridized carbons (Fsp3) is 0.350. The molecule has 0 aliphatic carbocycles. The number of nitrogens with two attached hydrogens (primary N) is 1. The van der Waals surface area contributed by atoms with E-state index in [0.29, 0.717) is 25.2 Å². The highest BCUT2D eigenvalue weighted by Gasteiger charge is 2.25. The molecule has 0 radical (unpaired) electrons. The topological polar surface area (TPSA) is 92.5 Å². The molecule has 2 rings (SSSR count). The Morgan fingerprint density at radius 1 is 1.00 bits per heavy atom. The number of hydrogen-bond acceptors (Lipinski definition) is 4. The summed E-state index contributed by atoms with van der Waals surface area (Å²) >= 11 is 0. The number of rotatable bonds is 9. The molecule has 0 saturated carbocycles. The summed E-state index contributed by atoms with van der Waals surface area (Å²) in [5, 5.41) is 2.76. The first-order valence-corrected chi connectivity index (χ1v) is 10.4. The highest BCUT2D eigenvalue weighted by Crippen LogP contribution is 2.24. The molecule has 27 heavy (non-hydrogen) atoms. The summed E-state index contributed by atoms with van der Waals surface area (Å²) in [6.45, 7) is 4.89. The van der Waals surface area contributed by atoms with Crippen LogP contribution < -0.4 is 15.4 Å². The van der Waals surface area contributed by atoms with E-state index in [4.69, 9.17) is 5.73 Å². The Labute approximate surface area is 161 Å². The molecular weight excluding hydrogens is 362 g/mol. The molecule has 0 atom stereocenters. The van der Waals surface area contributed by atoms with Crippen LogP contribution in [0.3, 0.4) is 0 Å². The Morgan fingerprint density at radius 3 is 2.11 bits per heavy atom. The maximum Gasteiger partial charge on any atom is 0.264 e. The lowest BCUT2D eigenvalue weighted by molar-refractivity contribution is -0.120. The Balaban J connectivity index is 2.25. The zero-order chi connectivity index (χ0) is 19.9. The lowest BCUT2D eigenvalue weighted by Gasteiger charge is -2.24. The number of carbonyl (C=O) groups is 1. The highest BCUT2D eigenvalue weighted by molar-refractivity contribution is 7.92. The quantitative estimate of drug-likeness (QED) is 0.644. The van der Waals surface area contributed by atoms with E-state index in [0.717, 1.165) is 11.1 Å². The second-order valence-electron chi connectivity index (χ2n) is 6.47. The van der Waals surface area contributed by atoms with Crippen molar-refractivity contribution in [2.24, 2.45) is 5.73 Å². The van der Waals surface area contributed by atoms with Crippen LogP contribution in [0.5, 0.6) is 0 Å². The molecule has 0 unspecified atom stereocenters. The van der Waals surface area contributed by atoms with E-state index < -0.39 is 10.0 Å². The van der Waals surface area contributed by atoms with Crippen molar-refractivity contribution in [2.75, 3.05) is 23.9 Å². The lowest BCUT2D eigenvalue weighted by atomic mass is 10.2. The van der Waals surface area contributed by atoms with Gasteiger partial charge in [-0.15, -0.1) is 0 Å². The van der Waals surface area contributed by atoms with Crippen molar-refractivity contribution in [1.29, 1.82) is 0 Å². The zero-order valence-electron chi connectivity index (χ0n) is 15.8. The third kappa shape index (κ3) is 5.80. The first kappa shape index (κ1) is 20.9. The van der Waals surface area contributed by atoms with Gasteiger partial charge in [0.2, 0.25) is 5.91 Å². The Kier molecular flexibility index (Phi) is 7.38. The van der Waals surface area contributed by atoms with Crippen molar-refractivity contribution >= 4 is 21.6 Å². The van der Waals surface area contributed by atoms with Gasteiger partial charge in [0.05, 0.1) is 10.6 Å². The Morgan fingerprint density at radius 2 is 1.56 bits per heavy atom. The van der Waals surface area contributed by atoms with Gasteiger partial charge in [0, 0.05) is 19.5 Å². The van der Waals surface area contributed by atoms with E-state index in [-0.39, 0.29) is 23.8 Å². The maximum absolute atomic E-state index is 13.2. The van der Waals surface area contributed by atoms with Gasteiger partial charge in [0.1, 0.15) is 0 Å². The molecule has 0 aliphatic rings. The van der Waals surface area contributed by atoms with Gasteiger partial charge in [-0.3, -0.25) is 9.10 Å². The largest absolute Gasteiger partial charge is 0.356 e. The van der Waals surface area contributed by atoms with Gasteiger partial charge in [0.25, 0.3) is 10.0 Å². The molecule has 0 bridgehead atoms. The van der Waals surface area contributed by atoms with Crippen molar-refractivity contribution in [3.63, 3.8) is 0 Å². The Hall–Kier alpha value is -2.38. The Bertz CT molecular complexity index is 847. The summed E-state index contributed by atoms with van der Waals surface area (Å²) in [4.78, 5) is 12.2. The molecule has 2 aromatic rings. The van der Waals surface area contributed by atoms with E-state index in [1.807, 2.05) is 26.0 Å². The fourth-order valence-corrected chi connectivity index (χ4v) is 4.02. The van der Waals surface area contributed by atoms with Crippen LogP contribution in [0.2, 0.25) is 0 Å². The van der Waals surface area contributed by atoms with Gasteiger partial charge in [0.15, 0.2) is 0 Å². The summed E-state index contributed by atoms with van der Waals surface area (Å²) in [7, 11) is -3.77. The van der Waals surface area contributed by atoms with Crippen molar-refractivity contribution in [2.45, 2.75) is 31.6 Å². The highest BCUT2D eigenvalue weighted by atomic mass is 32.2. The number of aryl methyl sites for hydroxylation is 2. The molecule has 0 saturated heterocycles. The van der Waals surface area contributed by atoms with E-state index in [1.165, 1.54) is 4.31 Å². The normalized spacial score (nSPS) is 11.2. The molecule has 0 fully saturated rings. The molecule has 0 aliphatic heterocycles. The van der Waals surface area contributed by atoms with Crippen LogP contribution in [0, 0.1) is 13.8 Å². The summed E-state index contributed by atoms with van der Waals surface area (Å²) in [5.74, 6) is -0.195. The van der Waals surface area contributed by atoms with E-state index in [9.17, 15) is 13.2 Å². The van der Waals surface area contributed by atoms with Crippen molar-refractivity contribution in [3.05, 3.63) is 59.7 Å². The lowest BCUT2D eigenvalue weighted by Crippen LogP contribution is -2.35. The van der Waals surface area contributed by atoms with Gasteiger partial charge in [-0.1, -0.05) is 35.4 Å².